The number of benzene rings is 10. The Morgan fingerprint density at radius 2 is 0.651 bits per heavy atom. The minimum Gasteiger partial charge on any atom is -0.454 e. The second-order valence-electron chi connectivity index (χ2n) is 44.6. The number of rotatable bonds is 13. The van der Waals surface area contributed by atoms with Gasteiger partial charge in [0.1, 0.15) is 40.7 Å². The molecule has 5 aliphatic carbocycles. The number of piperidine rings is 5. The number of nitrogens with zero attached hydrogens (tertiary/aromatic N) is 8. The Bertz CT molecular complexity index is 6760. The van der Waals surface area contributed by atoms with E-state index >= 15 is 8.78 Å². The first-order valence-corrected chi connectivity index (χ1v) is 52.5. The van der Waals surface area contributed by atoms with E-state index in [2.05, 4.69) is 118 Å². The van der Waals surface area contributed by atoms with Gasteiger partial charge in [0, 0.05) is 118 Å². The molecule has 0 N–H and O–H groups in total. The maximum Gasteiger partial charge on any atom is 0.236 e. The number of likely N-dealkylation sites (N-methyl/N-ethyl adjacent to an activating group) is 1. The van der Waals surface area contributed by atoms with Crippen LogP contribution in [0.2, 0.25) is 0 Å². The predicted octanol–water partition coefficient (Wildman–Crippen LogP) is 24.5. The van der Waals surface area contributed by atoms with Crippen LogP contribution in [-0.4, -0.2) is 205 Å². The molecule has 0 radical (unpaired) electrons. The van der Waals surface area contributed by atoms with Gasteiger partial charge in [0.15, 0.2) is 11.5 Å². The van der Waals surface area contributed by atoms with Crippen molar-refractivity contribution in [3.63, 3.8) is 0 Å². The molecule has 10 aromatic carbocycles. The van der Waals surface area contributed by atoms with E-state index in [1.165, 1.54) is 104 Å². The van der Waals surface area contributed by atoms with Gasteiger partial charge in [-0.15, -0.1) is 0 Å². The van der Waals surface area contributed by atoms with Crippen molar-refractivity contribution in [1.82, 2.24) is 39.2 Å². The van der Waals surface area contributed by atoms with Crippen LogP contribution in [0.25, 0.3) is 27.9 Å². The summed E-state index contributed by atoms with van der Waals surface area (Å²) >= 11 is 0. The molecule has 0 aromatic heterocycles. The van der Waals surface area contributed by atoms with Gasteiger partial charge in [0.2, 0.25) is 24.5 Å². The van der Waals surface area contributed by atoms with Crippen LogP contribution in [0.1, 0.15) is 217 Å². The number of allylic oxidation sites excluding steroid dienone is 5. The third kappa shape index (κ3) is 21.7. The molecule has 3 amide bonds. The lowest BCUT2D eigenvalue weighted by Crippen LogP contribution is -2.41. The first kappa shape index (κ1) is 106. The summed E-state index contributed by atoms with van der Waals surface area (Å²) in [6, 6.07) is 60.6. The van der Waals surface area contributed by atoms with Crippen LogP contribution >= 0.6 is 0 Å². The summed E-state index contributed by atoms with van der Waals surface area (Å²) in [5.74, 6) is 0.821. The Morgan fingerprint density at radius 3 is 1.05 bits per heavy atom. The van der Waals surface area contributed by atoms with Crippen molar-refractivity contribution in [2.45, 2.75) is 199 Å². The fourth-order valence-corrected chi connectivity index (χ4v) is 25.5. The molecule has 21 rings (SSSR count). The lowest BCUT2D eigenvalue weighted by atomic mass is 9.73. The molecule has 6 heterocycles. The molecule has 5 unspecified atom stereocenters. The summed E-state index contributed by atoms with van der Waals surface area (Å²) < 4.78 is 114. The van der Waals surface area contributed by atoms with E-state index in [4.69, 9.17) is 9.47 Å². The highest BCUT2D eigenvalue weighted by Gasteiger charge is 2.50. The van der Waals surface area contributed by atoms with Crippen LogP contribution in [0.4, 0.5) is 30.7 Å². The number of hydrogen-bond acceptors (Lipinski definition) is 10. The molecule has 11 aliphatic rings. The smallest absolute Gasteiger partial charge is 0.236 e. The van der Waals surface area contributed by atoms with Crippen LogP contribution in [0.3, 0.4) is 0 Å². The van der Waals surface area contributed by atoms with Crippen molar-refractivity contribution in [3.8, 4) is 11.5 Å². The number of amides is 3. The van der Waals surface area contributed by atoms with Gasteiger partial charge in [-0.1, -0.05) is 213 Å². The van der Waals surface area contributed by atoms with Gasteiger partial charge in [0.25, 0.3) is 0 Å². The molecule has 6 aliphatic heterocycles. The molecule has 0 spiro atoms. The molecule has 0 saturated carbocycles. The third-order valence-corrected chi connectivity index (χ3v) is 33.3. The van der Waals surface area contributed by atoms with Crippen LogP contribution < -0.4 is 9.47 Å². The molecular formula is C126H145F7N8O5. The molecular weight excluding hydrogens is 1840 g/mol. The maximum absolute atomic E-state index is 15.1. The molecule has 5 atom stereocenters. The van der Waals surface area contributed by atoms with Crippen molar-refractivity contribution >= 4 is 45.6 Å². The zero-order chi connectivity index (χ0) is 104. The summed E-state index contributed by atoms with van der Waals surface area (Å²) in [6.07, 6.45) is 13.7. The van der Waals surface area contributed by atoms with Gasteiger partial charge in [-0.2, -0.15) is 0 Å². The maximum atomic E-state index is 15.1. The van der Waals surface area contributed by atoms with Crippen LogP contribution in [-0.2, 0) is 73.6 Å². The van der Waals surface area contributed by atoms with Crippen molar-refractivity contribution in [3.05, 3.63) is 368 Å². The number of halogens is 7. The third-order valence-electron chi connectivity index (χ3n) is 33.3. The lowest BCUT2D eigenvalue weighted by Gasteiger charge is -2.35. The summed E-state index contributed by atoms with van der Waals surface area (Å²) in [4.78, 5) is 54.2. The second-order valence-corrected chi connectivity index (χ2v) is 44.6. The van der Waals surface area contributed by atoms with E-state index in [1.54, 1.807) is 61.4 Å². The van der Waals surface area contributed by atoms with Crippen LogP contribution in [0.15, 0.2) is 222 Å². The minimum absolute atomic E-state index is 0.0116. The first-order valence-electron chi connectivity index (χ1n) is 52.5. The number of fused-ring (bicyclic) bond motifs is 6. The molecule has 5 fully saturated rings. The number of ether oxygens (including phenoxy) is 2. The van der Waals surface area contributed by atoms with Crippen LogP contribution in [0.5, 0.6) is 11.5 Å². The SMILES string of the molecule is CN1CCC(=C2c3cc(F)ccc3CC2(C)c2ccccc2F)CC1.Cc1ccc2c(c1)C(=C1CCN(C(=O)CCN(C)C)CC1)C(C)(c1ccc(F)cc1)C2.Cc1ccc2c(c1)C(=C1CCN(C)CC1)C(C)(c1ccc3c(c1)OCO3)C2.Cc1ccc2c(c1F)CC(C)(c1ccccc1F)C2=C1CCN(C(=O)CCN(C)C)CC1.Cc1ccc2c(c1F)CC(C)(c1ccccc1F)C2=C1CCN(C(=O)CN(C)C)CC1. The fraction of sp³-hybridized carbons (Fsp3) is 0.421. The Hall–Kier alpha value is -11.8. The lowest BCUT2D eigenvalue weighted by molar-refractivity contribution is -0.132. The Balaban J connectivity index is 0.000000125. The number of carbonyl (C=O) groups excluding carboxylic acids is 3. The van der Waals surface area contributed by atoms with Gasteiger partial charge in [-0.25, -0.2) is 30.7 Å². The van der Waals surface area contributed by atoms with Gasteiger partial charge in [-0.3, -0.25) is 14.4 Å². The van der Waals surface area contributed by atoms with E-state index in [0.717, 1.165) is 179 Å². The number of likely N-dealkylation sites (tertiary alicyclic amines) is 5. The molecule has 20 heteroatoms. The Kier molecular flexibility index (Phi) is 31.8. The summed E-state index contributed by atoms with van der Waals surface area (Å²) in [6.45, 7) is 29.5. The highest BCUT2D eigenvalue weighted by Crippen LogP contribution is 2.59. The first-order chi connectivity index (χ1) is 69.7. The predicted molar refractivity (Wildman–Crippen MR) is 575 cm³/mol. The monoisotopic (exact) mass is 1980 g/mol. The van der Waals surface area contributed by atoms with E-state index < -0.39 is 16.2 Å². The average molecular weight is 1980 g/mol. The highest BCUT2D eigenvalue weighted by atomic mass is 19.2. The standard InChI is InChI=1S/C27H32F2N2O.C27H33FN2O.C26H30F2N2O.C24H27NO2.C22H23F2N/c1-18-9-10-20-21(26(18)29)17-27(2,22-7-5-6-8-23(22)28)25(20)19-11-15-31(16-12-19)24(32)13-14-30(3)4;1-19-5-6-21-18-27(2,22-7-9-23(28)10-8-22)26(24(21)17-19)20-11-15-30(16-12-20)25(31)13-14-29(3)4;1-17-9-10-19-20(25(17)28)15-26(2,21-7-5-6-8-22(21)27)24(19)18-11-13-30(14-12-18)23(31)16-29(3)4;1-16-4-5-18-14-24(2,19-6-7-21-22(13-19)27-15-26-21)23(20(18)12-16)17-8-10-25(3)11-9-17;1-22(19-5-3-4-6-20(19)24)14-16-7-8-17(23)13-18(16)21(22)15-9-11-25(2)12-10-15/h5-10H,11-17H2,1-4H3;5-10,17H,11-16,18H2,1-4H3;5-10H,11-16H2,1-4H3;4-7,12-13H,8-11,14-15H2,1-3H3;3-8,13H,9-12,14H2,1-2H3. The van der Waals surface area contributed by atoms with Gasteiger partial charge < -0.3 is 48.7 Å². The van der Waals surface area contributed by atoms with Gasteiger partial charge in [0.05, 0.1) is 6.54 Å². The van der Waals surface area contributed by atoms with E-state index in [0.29, 0.717) is 104 Å². The normalized spacial score (nSPS) is 22.1. The molecule has 10 aromatic rings. The van der Waals surface area contributed by atoms with Gasteiger partial charge >= 0.3 is 0 Å². The van der Waals surface area contributed by atoms with E-state index in [9.17, 15) is 36.3 Å². The molecule has 768 valence electrons. The minimum atomic E-state index is -0.631. The van der Waals surface area contributed by atoms with Crippen molar-refractivity contribution in [1.29, 1.82) is 0 Å². The summed E-state index contributed by atoms with van der Waals surface area (Å²) in [7, 11) is 16.1. The molecule has 146 heavy (non-hydrogen) atoms. The van der Waals surface area contributed by atoms with Crippen molar-refractivity contribution in [2.24, 2.45) is 0 Å². The number of aryl methyl sites for hydroxylation is 4. The summed E-state index contributed by atoms with van der Waals surface area (Å²) in [5.41, 5.74) is 30.4. The average Bonchev–Trinajstić information content (AvgIpc) is 1.57. The largest absolute Gasteiger partial charge is 0.454 e. The number of hydrogen-bond donors (Lipinski definition) is 0. The second kappa shape index (κ2) is 43.9. The zero-order valence-electron chi connectivity index (χ0n) is 88.7. The molecule has 5 saturated heterocycles. The van der Waals surface area contributed by atoms with Crippen molar-refractivity contribution < 1.29 is 54.6 Å². The zero-order valence-corrected chi connectivity index (χ0v) is 88.7. The fourth-order valence-electron chi connectivity index (χ4n) is 25.5. The summed E-state index contributed by atoms with van der Waals surface area (Å²) in [5, 5.41) is 0. The van der Waals surface area contributed by atoms with E-state index in [-0.39, 0.29) is 69.3 Å². The molecule has 13 nitrogen and oxygen atoms in total. The van der Waals surface area contributed by atoms with Crippen molar-refractivity contribution in [2.75, 3.05) is 148 Å². The Morgan fingerprint density at radius 1 is 0.322 bits per heavy atom. The quantitative estimate of drug-likeness (QED) is 0.104. The van der Waals surface area contributed by atoms with E-state index in [1.807, 2.05) is 159 Å². The topological polar surface area (TPSA) is 95.6 Å². The number of carbonyl (C=O) groups is 3. The highest BCUT2D eigenvalue weighted by molar-refractivity contribution is 5.90. The van der Waals surface area contributed by atoms with Crippen LogP contribution in [0, 0.1) is 68.4 Å². The van der Waals surface area contributed by atoms with Gasteiger partial charge in [-0.05, 0) is 357 Å². The molecule has 0 bridgehead atoms. The Labute approximate surface area is 860 Å².